The lowest BCUT2D eigenvalue weighted by Crippen LogP contribution is -2.35. The summed E-state index contributed by atoms with van der Waals surface area (Å²) in [7, 11) is 0. The lowest BCUT2D eigenvalue weighted by Gasteiger charge is -2.19. The molecular formula is C14H23N3O3. The van der Waals surface area contributed by atoms with E-state index in [1.807, 2.05) is 6.92 Å². The number of anilines is 1. The number of nitrogens with one attached hydrogen (secondary N) is 1. The van der Waals surface area contributed by atoms with Crippen molar-refractivity contribution in [2.75, 3.05) is 5.32 Å². The number of carbonyl (C=O) groups excluding carboxylic acids is 1. The number of carboxylic acid groups (broad SMARTS) is 1. The minimum atomic E-state index is -1.14. The highest BCUT2D eigenvalue weighted by Crippen LogP contribution is 2.18. The second kappa shape index (κ2) is 6.54. The molecule has 1 aromatic heterocycles. The summed E-state index contributed by atoms with van der Waals surface area (Å²) in [6.07, 6.45) is 5.53. The summed E-state index contributed by atoms with van der Waals surface area (Å²) in [6, 6.07) is 0. The van der Waals surface area contributed by atoms with Crippen molar-refractivity contribution in [3.05, 3.63) is 12.4 Å². The van der Waals surface area contributed by atoms with Gasteiger partial charge in [0.15, 0.2) is 5.54 Å². The molecule has 0 spiro atoms. The van der Waals surface area contributed by atoms with E-state index in [1.165, 1.54) is 17.1 Å². The first-order chi connectivity index (χ1) is 9.27. The van der Waals surface area contributed by atoms with Crippen molar-refractivity contribution in [1.29, 1.82) is 0 Å². The molecule has 0 aromatic carbocycles. The summed E-state index contributed by atoms with van der Waals surface area (Å²) < 4.78 is 1.33. The van der Waals surface area contributed by atoms with Crippen molar-refractivity contribution in [1.82, 2.24) is 9.78 Å². The van der Waals surface area contributed by atoms with E-state index >= 15 is 0 Å². The molecule has 1 rings (SSSR count). The van der Waals surface area contributed by atoms with Gasteiger partial charge in [0.2, 0.25) is 5.91 Å². The Morgan fingerprint density at radius 3 is 2.70 bits per heavy atom. The Labute approximate surface area is 119 Å². The summed E-state index contributed by atoms with van der Waals surface area (Å²) in [6.45, 7) is 7.24. The predicted octanol–water partition coefficient (Wildman–Crippen LogP) is 2.47. The smallest absolute Gasteiger partial charge is 0.331 e. The van der Waals surface area contributed by atoms with Gasteiger partial charge in [-0.2, -0.15) is 5.10 Å². The van der Waals surface area contributed by atoms with Crippen LogP contribution in [0.1, 0.15) is 47.0 Å². The number of rotatable bonds is 7. The molecule has 6 heteroatoms. The number of aliphatic carboxylic acids is 1. The average molecular weight is 281 g/mol. The Hall–Kier alpha value is -1.85. The lowest BCUT2D eigenvalue weighted by atomic mass is 10.0. The topological polar surface area (TPSA) is 84.2 Å². The van der Waals surface area contributed by atoms with Crippen LogP contribution in [0.25, 0.3) is 0 Å². The summed E-state index contributed by atoms with van der Waals surface area (Å²) in [5, 5.41) is 15.9. The molecule has 1 aromatic rings. The molecule has 0 saturated carbocycles. The molecule has 0 aliphatic rings. The molecule has 0 aliphatic carbocycles. The first kappa shape index (κ1) is 16.2. The van der Waals surface area contributed by atoms with Gasteiger partial charge >= 0.3 is 5.97 Å². The van der Waals surface area contributed by atoms with E-state index in [-0.39, 0.29) is 5.91 Å². The van der Waals surface area contributed by atoms with Crippen LogP contribution < -0.4 is 5.32 Å². The molecule has 2 N–H and O–H groups in total. The molecule has 112 valence electrons. The highest BCUT2D eigenvalue weighted by Gasteiger charge is 2.30. The van der Waals surface area contributed by atoms with Crippen molar-refractivity contribution in [2.45, 2.75) is 52.5 Å². The van der Waals surface area contributed by atoms with Gasteiger partial charge in [-0.05, 0) is 19.8 Å². The second-order valence-electron chi connectivity index (χ2n) is 5.68. The number of aromatic nitrogens is 2. The Balaban J connectivity index is 2.65. The molecule has 0 fully saturated rings. The van der Waals surface area contributed by atoms with Crippen LogP contribution in [0.5, 0.6) is 0 Å². The Kier molecular flexibility index (Phi) is 5.30. The fraction of sp³-hybridized carbons (Fsp3) is 0.643. The van der Waals surface area contributed by atoms with Crippen molar-refractivity contribution in [3.63, 3.8) is 0 Å². The molecule has 0 aliphatic heterocycles. The van der Waals surface area contributed by atoms with Gasteiger partial charge in [-0.1, -0.05) is 26.7 Å². The van der Waals surface area contributed by atoms with Crippen LogP contribution in [0.2, 0.25) is 0 Å². The van der Waals surface area contributed by atoms with Crippen molar-refractivity contribution in [2.24, 2.45) is 5.92 Å². The summed E-state index contributed by atoms with van der Waals surface area (Å²) >= 11 is 0. The maximum absolute atomic E-state index is 11.8. The Morgan fingerprint density at radius 1 is 1.50 bits per heavy atom. The van der Waals surface area contributed by atoms with Gasteiger partial charge in [-0.15, -0.1) is 0 Å². The normalized spacial score (nSPS) is 13.0. The predicted molar refractivity (Wildman–Crippen MR) is 76.5 cm³/mol. The third kappa shape index (κ3) is 4.08. The maximum Gasteiger partial charge on any atom is 0.331 e. The molecule has 1 atom stereocenters. The molecular weight excluding hydrogens is 258 g/mol. The van der Waals surface area contributed by atoms with Gasteiger partial charge in [0.05, 0.1) is 11.9 Å². The zero-order valence-electron chi connectivity index (χ0n) is 12.5. The number of carbonyl (C=O) groups is 2. The van der Waals surface area contributed by atoms with Gasteiger partial charge in [-0.25, -0.2) is 4.79 Å². The fourth-order valence-electron chi connectivity index (χ4n) is 1.91. The van der Waals surface area contributed by atoms with Crippen molar-refractivity contribution in [3.8, 4) is 0 Å². The fourth-order valence-corrected chi connectivity index (χ4v) is 1.91. The van der Waals surface area contributed by atoms with Crippen LogP contribution in [0.15, 0.2) is 12.4 Å². The summed E-state index contributed by atoms with van der Waals surface area (Å²) in [5.41, 5.74) is -0.619. The van der Waals surface area contributed by atoms with E-state index in [2.05, 4.69) is 17.3 Å². The largest absolute Gasteiger partial charge is 0.479 e. The van der Waals surface area contributed by atoms with Crippen LogP contribution in [0.3, 0.4) is 0 Å². The van der Waals surface area contributed by atoms with Crippen molar-refractivity contribution >= 4 is 17.6 Å². The standard InChI is InChI=1S/C14H23N3O3/c1-5-6-10(2)7-12(18)16-11-8-15-17(9-11)14(3,4)13(19)20/h8-10H,5-7H2,1-4H3,(H,16,18)(H,19,20). The van der Waals surface area contributed by atoms with Gasteiger partial charge in [0, 0.05) is 12.6 Å². The first-order valence-corrected chi connectivity index (χ1v) is 6.85. The molecule has 0 saturated heterocycles. The lowest BCUT2D eigenvalue weighted by molar-refractivity contribution is -0.146. The zero-order chi connectivity index (χ0) is 15.3. The van der Waals surface area contributed by atoms with Gasteiger partial charge in [-0.3, -0.25) is 9.48 Å². The highest BCUT2D eigenvalue weighted by atomic mass is 16.4. The van der Waals surface area contributed by atoms with Crippen LogP contribution in [-0.2, 0) is 15.1 Å². The molecule has 1 unspecified atom stereocenters. The van der Waals surface area contributed by atoms with E-state index in [0.29, 0.717) is 18.0 Å². The van der Waals surface area contributed by atoms with Crippen LogP contribution in [-0.4, -0.2) is 26.8 Å². The molecule has 0 bridgehead atoms. The Bertz CT molecular complexity index is 480. The molecule has 20 heavy (non-hydrogen) atoms. The van der Waals surface area contributed by atoms with Gasteiger partial charge < -0.3 is 10.4 Å². The zero-order valence-corrected chi connectivity index (χ0v) is 12.5. The molecule has 0 radical (unpaired) electrons. The van der Waals surface area contributed by atoms with E-state index in [0.717, 1.165) is 12.8 Å². The average Bonchev–Trinajstić information content (AvgIpc) is 2.77. The molecule has 1 heterocycles. The third-order valence-corrected chi connectivity index (χ3v) is 3.28. The maximum atomic E-state index is 11.8. The number of hydrogen-bond acceptors (Lipinski definition) is 3. The van der Waals surface area contributed by atoms with Crippen molar-refractivity contribution < 1.29 is 14.7 Å². The van der Waals surface area contributed by atoms with E-state index in [1.54, 1.807) is 13.8 Å². The molecule has 1 amide bonds. The van der Waals surface area contributed by atoms with Crippen LogP contribution in [0.4, 0.5) is 5.69 Å². The summed E-state index contributed by atoms with van der Waals surface area (Å²) in [5.74, 6) is -0.709. The number of amides is 1. The molecule has 6 nitrogen and oxygen atoms in total. The first-order valence-electron chi connectivity index (χ1n) is 6.85. The quantitative estimate of drug-likeness (QED) is 0.804. The highest BCUT2D eigenvalue weighted by molar-refractivity contribution is 5.90. The number of carboxylic acids is 1. The SMILES string of the molecule is CCCC(C)CC(=O)Nc1cnn(C(C)(C)C(=O)O)c1. The third-order valence-electron chi connectivity index (χ3n) is 3.28. The van der Waals surface area contributed by atoms with E-state index in [4.69, 9.17) is 5.11 Å². The minimum Gasteiger partial charge on any atom is -0.479 e. The summed E-state index contributed by atoms with van der Waals surface area (Å²) in [4.78, 5) is 22.9. The van der Waals surface area contributed by atoms with Gasteiger partial charge in [0.1, 0.15) is 0 Å². The monoisotopic (exact) mass is 281 g/mol. The van der Waals surface area contributed by atoms with Crippen LogP contribution in [0, 0.1) is 5.92 Å². The minimum absolute atomic E-state index is 0.0707. The van der Waals surface area contributed by atoms with E-state index < -0.39 is 11.5 Å². The Morgan fingerprint density at radius 2 is 2.15 bits per heavy atom. The van der Waals surface area contributed by atoms with Gasteiger partial charge in [0.25, 0.3) is 0 Å². The second-order valence-corrected chi connectivity index (χ2v) is 5.68. The van der Waals surface area contributed by atoms with E-state index in [9.17, 15) is 9.59 Å². The van der Waals surface area contributed by atoms with Crippen LogP contribution >= 0.6 is 0 Å². The number of hydrogen-bond donors (Lipinski definition) is 2. The number of nitrogens with zero attached hydrogens (tertiary/aromatic N) is 2.